The predicted octanol–water partition coefficient (Wildman–Crippen LogP) is 2.51. The number of alkyl halides is 3. The van der Waals surface area contributed by atoms with Crippen LogP contribution in [0.1, 0.15) is 17.3 Å². The van der Waals surface area contributed by atoms with Gasteiger partial charge >= 0.3 is 6.18 Å². The van der Waals surface area contributed by atoms with Gasteiger partial charge in [0.25, 0.3) is 11.8 Å². The van der Waals surface area contributed by atoms with Gasteiger partial charge in [0, 0.05) is 16.3 Å². The number of carbonyl (C=O) groups is 2. The van der Waals surface area contributed by atoms with Crippen LogP contribution in [0.25, 0.3) is 0 Å². The molecule has 1 heterocycles. The van der Waals surface area contributed by atoms with E-state index < -0.39 is 29.4 Å². The van der Waals surface area contributed by atoms with Crippen molar-refractivity contribution in [2.24, 2.45) is 10.9 Å². The number of halogens is 4. The summed E-state index contributed by atoms with van der Waals surface area (Å²) in [6, 6.07) is 6.59. The van der Waals surface area contributed by atoms with Crippen LogP contribution in [0.2, 0.25) is 5.02 Å². The van der Waals surface area contributed by atoms with Gasteiger partial charge in [0.1, 0.15) is 5.92 Å². The maximum Gasteiger partial charge on any atom is 0.422 e. The van der Waals surface area contributed by atoms with E-state index in [0.717, 1.165) is 13.0 Å². The minimum atomic E-state index is -5.19. The zero-order chi connectivity index (χ0) is 17.4. The molecule has 0 fully saturated rings. The Hall–Kier alpha value is -2.40. The second-order valence-corrected chi connectivity index (χ2v) is 5.33. The first kappa shape index (κ1) is 17.0. The Bertz CT molecular complexity index is 754. The summed E-state index contributed by atoms with van der Waals surface area (Å²) in [5.74, 6) is -4.73. The summed E-state index contributed by atoms with van der Waals surface area (Å²) in [7, 11) is 0. The molecule has 1 aromatic carbocycles. The molecule has 0 saturated carbocycles. The molecule has 1 aromatic rings. The van der Waals surface area contributed by atoms with Crippen LogP contribution in [0.4, 0.5) is 13.2 Å². The number of amides is 2. The van der Waals surface area contributed by atoms with Gasteiger partial charge in [0.05, 0.1) is 6.07 Å². The van der Waals surface area contributed by atoms with Crippen LogP contribution < -0.4 is 5.32 Å². The highest BCUT2D eigenvalue weighted by Gasteiger charge is 2.69. The smallest absolute Gasteiger partial charge is 0.329 e. The summed E-state index contributed by atoms with van der Waals surface area (Å²) in [6.07, 6.45) is -5.19. The topological polar surface area (TPSA) is 82.3 Å². The lowest BCUT2D eigenvalue weighted by atomic mass is 9.83. The number of rotatable bonds is 2. The third-order valence-corrected chi connectivity index (χ3v) is 3.67. The fourth-order valence-electron chi connectivity index (χ4n) is 2.30. The minimum Gasteiger partial charge on any atom is -0.329 e. The van der Waals surface area contributed by atoms with Crippen LogP contribution in [0.3, 0.4) is 0 Å². The van der Waals surface area contributed by atoms with Crippen LogP contribution in [0.5, 0.6) is 0 Å². The molecule has 0 aliphatic carbocycles. The zero-order valence-corrected chi connectivity index (χ0v) is 12.4. The number of nitrogens with one attached hydrogen (secondary N) is 1. The fourth-order valence-corrected chi connectivity index (χ4v) is 2.49. The van der Waals surface area contributed by atoms with Crippen molar-refractivity contribution >= 4 is 29.1 Å². The third-order valence-electron chi connectivity index (χ3n) is 3.44. The largest absolute Gasteiger partial charge is 0.422 e. The van der Waals surface area contributed by atoms with Crippen molar-refractivity contribution in [3.63, 3.8) is 0 Å². The Balaban J connectivity index is 2.49. The van der Waals surface area contributed by atoms with Gasteiger partial charge in [0.15, 0.2) is 0 Å². The molecule has 0 spiro atoms. The molecule has 5 nitrogen and oxygen atoms in total. The van der Waals surface area contributed by atoms with Gasteiger partial charge in [0.2, 0.25) is 5.54 Å². The first-order chi connectivity index (χ1) is 10.6. The molecule has 2 rings (SSSR count). The molecule has 0 radical (unpaired) electrons. The van der Waals surface area contributed by atoms with Crippen molar-refractivity contribution < 1.29 is 22.8 Å². The summed E-state index contributed by atoms with van der Waals surface area (Å²) in [5.41, 5.74) is -3.87. The maximum atomic E-state index is 13.5. The number of aliphatic imine (C=N–C) groups is 1. The number of nitriles is 1. The Labute approximate surface area is 133 Å². The summed E-state index contributed by atoms with van der Waals surface area (Å²) < 4.78 is 40.6. The van der Waals surface area contributed by atoms with Gasteiger partial charge in [-0.15, -0.1) is 0 Å². The van der Waals surface area contributed by atoms with Crippen molar-refractivity contribution in [3.8, 4) is 6.07 Å². The Morgan fingerprint density at radius 3 is 2.65 bits per heavy atom. The fraction of sp³-hybridized carbons (Fsp3) is 0.286. The van der Waals surface area contributed by atoms with Crippen molar-refractivity contribution in [1.29, 1.82) is 5.26 Å². The average Bonchev–Trinajstić information content (AvgIpc) is 2.69. The molecule has 120 valence electrons. The molecule has 1 aliphatic heterocycles. The van der Waals surface area contributed by atoms with E-state index in [1.54, 1.807) is 5.32 Å². The van der Waals surface area contributed by atoms with Gasteiger partial charge in [-0.3, -0.25) is 9.59 Å². The van der Waals surface area contributed by atoms with Gasteiger partial charge in [-0.25, -0.2) is 4.99 Å². The van der Waals surface area contributed by atoms with E-state index in [1.807, 2.05) is 0 Å². The SMILES string of the molecule is CC1=NC(=O)C(NC(=O)c2cccc(Cl)c2)(C(F)(F)F)C1C#N. The lowest BCUT2D eigenvalue weighted by molar-refractivity contribution is -0.197. The lowest BCUT2D eigenvalue weighted by Crippen LogP contribution is -2.66. The number of benzene rings is 1. The minimum absolute atomic E-state index is 0.140. The van der Waals surface area contributed by atoms with Gasteiger partial charge in [-0.05, 0) is 25.1 Å². The van der Waals surface area contributed by atoms with E-state index in [4.69, 9.17) is 16.9 Å². The molecule has 9 heteroatoms. The van der Waals surface area contributed by atoms with Crippen LogP contribution in [0.15, 0.2) is 29.3 Å². The summed E-state index contributed by atoms with van der Waals surface area (Å²) in [5, 5.41) is 10.8. The molecule has 0 saturated heterocycles. The molecule has 2 atom stereocenters. The lowest BCUT2D eigenvalue weighted by Gasteiger charge is -2.32. The van der Waals surface area contributed by atoms with E-state index in [0.29, 0.717) is 0 Å². The molecule has 2 unspecified atom stereocenters. The predicted molar refractivity (Wildman–Crippen MR) is 74.9 cm³/mol. The standard InChI is InChI=1S/C14H9ClF3N3O2/c1-7-10(6-19)13(12(23)20-7,14(16,17)18)21-11(22)8-3-2-4-9(15)5-8/h2-5,10H,1H3,(H,21,22). The monoisotopic (exact) mass is 343 g/mol. The first-order valence-corrected chi connectivity index (χ1v) is 6.65. The summed E-state index contributed by atoms with van der Waals surface area (Å²) in [6.45, 7) is 1.13. The van der Waals surface area contributed by atoms with Gasteiger partial charge in [-0.1, -0.05) is 17.7 Å². The van der Waals surface area contributed by atoms with E-state index in [-0.39, 0.29) is 16.3 Å². The number of carbonyl (C=O) groups excluding carboxylic acids is 2. The van der Waals surface area contributed by atoms with Crippen molar-refractivity contribution in [3.05, 3.63) is 34.9 Å². The molecule has 2 amide bonds. The number of nitrogens with zero attached hydrogens (tertiary/aromatic N) is 2. The number of hydrogen-bond acceptors (Lipinski definition) is 3. The van der Waals surface area contributed by atoms with Crippen LogP contribution in [0, 0.1) is 17.2 Å². The summed E-state index contributed by atoms with van der Waals surface area (Å²) in [4.78, 5) is 27.2. The zero-order valence-electron chi connectivity index (χ0n) is 11.6. The quantitative estimate of drug-likeness (QED) is 0.895. The highest BCUT2D eigenvalue weighted by molar-refractivity contribution is 6.31. The van der Waals surface area contributed by atoms with Crippen molar-refractivity contribution in [2.45, 2.75) is 18.6 Å². The Morgan fingerprint density at radius 1 is 1.48 bits per heavy atom. The molecule has 0 bridgehead atoms. The number of hydrogen-bond donors (Lipinski definition) is 1. The second kappa shape index (κ2) is 5.66. The van der Waals surface area contributed by atoms with E-state index >= 15 is 0 Å². The average molecular weight is 344 g/mol. The maximum absolute atomic E-state index is 13.5. The van der Waals surface area contributed by atoms with Gasteiger partial charge < -0.3 is 5.32 Å². The van der Waals surface area contributed by atoms with Gasteiger partial charge in [-0.2, -0.15) is 18.4 Å². The Kier molecular flexibility index (Phi) is 4.18. The summed E-state index contributed by atoms with van der Waals surface area (Å²) >= 11 is 5.69. The highest BCUT2D eigenvalue weighted by Crippen LogP contribution is 2.41. The normalized spacial score (nSPS) is 24.1. The van der Waals surface area contributed by atoms with Crippen LogP contribution in [-0.2, 0) is 4.79 Å². The highest BCUT2D eigenvalue weighted by atomic mass is 35.5. The van der Waals surface area contributed by atoms with Crippen molar-refractivity contribution in [1.82, 2.24) is 5.32 Å². The van der Waals surface area contributed by atoms with E-state index in [1.165, 1.54) is 24.3 Å². The van der Waals surface area contributed by atoms with Crippen LogP contribution >= 0.6 is 11.6 Å². The van der Waals surface area contributed by atoms with Crippen LogP contribution in [-0.4, -0.2) is 29.2 Å². The Morgan fingerprint density at radius 2 is 2.13 bits per heavy atom. The van der Waals surface area contributed by atoms with Crippen molar-refractivity contribution in [2.75, 3.05) is 0 Å². The molecule has 23 heavy (non-hydrogen) atoms. The van der Waals surface area contributed by atoms with E-state index in [2.05, 4.69) is 4.99 Å². The molecular formula is C14H9ClF3N3O2. The second-order valence-electron chi connectivity index (χ2n) is 4.89. The van der Waals surface area contributed by atoms with E-state index in [9.17, 15) is 22.8 Å². The third kappa shape index (κ3) is 2.68. The molecule has 1 aliphatic rings. The first-order valence-electron chi connectivity index (χ1n) is 6.27. The molecular weight excluding hydrogens is 335 g/mol. The molecule has 0 aromatic heterocycles. The molecule has 1 N–H and O–H groups in total.